The Balaban J connectivity index is 2.15. The van der Waals surface area contributed by atoms with Crippen molar-refractivity contribution in [3.63, 3.8) is 0 Å². The zero-order valence-electron chi connectivity index (χ0n) is 12.5. The minimum atomic E-state index is -0.903. The predicted octanol–water partition coefficient (Wildman–Crippen LogP) is 2.34. The lowest BCUT2D eigenvalue weighted by molar-refractivity contribution is -0.111. The molecule has 1 aliphatic heterocycles. The first-order chi connectivity index (χ1) is 9.61. The zero-order valence-corrected chi connectivity index (χ0v) is 12.5. The number of carbonyl (C=O) groups excluding carboxylic acids is 1. The summed E-state index contributed by atoms with van der Waals surface area (Å²) < 4.78 is 11.0. The Kier molecular flexibility index (Phi) is 4.91. The van der Waals surface area contributed by atoms with Gasteiger partial charge >= 0.3 is 0 Å². The van der Waals surface area contributed by atoms with E-state index in [0.717, 1.165) is 25.9 Å². The van der Waals surface area contributed by atoms with Gasteiger partial charge in [0.15, 0.2) is 5.72 Å². The van der Waals surface area contributed by atoms with Gasteiger partial charge in [0.2, 0.25) is 5.78 Å². The summed E-state index contributed by atoms with van der Waals surface area (Å²) >= 11 is 0. The molecule has 1 aliphatic rings. The lowest BCUT2D eigenvalue weighted by Gasteiger charge is -2.42. The van der Waals surface area contributed by atoms with E-state index in [1.165, 1.54) is 0 Å². The van der Waals surface area contributed by atoms with Crippen molar-refractivity contribution in [3.05, 3.63) is 35.9 Å². The maximum atomic E-state index is 12.8. The predicted molar refractivity (Wildman–Crippen MR) is 77.8 cm³/mol. The molecule has 110 valence electrons. The average molecular weight is 277 g/mol. The van der Waals surface area contributed by atoms with Crippen molar-refractivity contribution in [1.29, 1.82) is 0 Å². The first kappa shape index (κ1) is 15.2. The number of benzene rings is 1. The number of ketones is 1. The van der Waals surface area contributed by atoms with E-state index in [9.17, 15) is 4.79 Å². The number of Topliss-reactive ketones (excluding diaryl/α,β-unsaturated/α-hetero) is 1. The van der Waals surface area contributed by atoms with Crippen molar-refractivity contribution >= 4 is 5.78 Å². The van der Waals surface area contributed by atoms with Crippen LogP contribution in [0, 0.1) is 0 Å². The van der Waals surface area contributed by atoms with Crippen molar-refractivity contribution in [2.75, 3.05) is 27.3 Å². The maximum Gasteiger partial charge on any atom is 0.209 e. The van der Waals surface area contributed by atoms with Gasteiger partial charge < -0.3 is 9.47 Å². The van der Waals surface area contributed by atoms with Gasteiger partial charge in [0.25, 0.3) is 0 Å². The van der Waals surface area contributed by atoms with Gasteiger partial charge in [-0.25, -0.2) is 0 Å². The van der Waals surface area contributed by atoms with Gasteiger partial charge in [-0.1, -0.05) is 30.3 Å². The molecule has 2 rings (SSSR count). The maximum absolute atomic E-state index is 12.8. The van der Waals surface area contributed by atoms with Crippen molar-refractivity contribution in [1.82, 2.24) is 4.90 Å². The Bertz CT molecular complexity index is 440. The Labute approximate surface area is 120 Å². The molecule has 0 radical (unpaired) electrons. The van der Waals surface area contributed by atoms with E-state index in [2.05, 4.69) is 4.90 Å². The fourth-order valence-electron chi connectivity index (χ4n) is 2.74. The number of methoxy groups -OCH3 is 2. The first-order valence-electron chi connectivity index (χ1n) is 7.04. The highest BCUT2D eigenvalue weighted by molar-refractivity contribution is 6.01. The minimum Gasteiger partial charge on any atom is -0.381 e. The van der Waals surface area contributed by atoms with Crippen molar-refractivity contribution in [3.8, 4) is 0 Å². The van der Waals surface area contributed by atoms with Crippen LogP contribution in [0.4, 0.5) is 0 Å². The Morgan fingerprint density at radius 1 is 1.20 bits per heavy atom. The van der Waals surface area contributed by atoms with Crippen LogP contribution >= 0.6 is 0 Å². The lowest BCUT2D eigenvalue weighted by atomic mass is 9.97. The summed E-state index contributed by atoms with van der Waals surface area (Å²) in [6.07, 6.45) is 2.15. The van der Waals surface area contributed by atoms with Gasteiger partial charge in [-0.15, -0.1) is 0 Å². The van der Waals surface area contributed by atoms with E-state index < -0.39 is 5.72 Å². The second-order valence-electron chi connectivity index (χ2n) is 5.30. The fraction of sp³-hybridized carbons (Fsp3) is 0.562. The summed E-state index contributed by atoms with van der Waals surface area (Å²) in [7, 11) is 3.34. The van der Waals surface area contributed by atoms with E-state index in [0.29, 0.717) is 11.7 Å². The zero-order chi connectivity index (χ0) is 14.6. The second kappa shape index (κ2) is 6.48. The van der Waals surface area contributed by atoms with Gasteiger partial charge in [0.05, 0.1) is 6.10 Å². The number of nitrogens with zero attached hydrogens (tertiary/aromatic N) is 1. The topological polar surface area (TPSA) is 38.8 Å². The van der Waals surface area contributed by atoms with Crippen LogP contribution in [0.1, 0.15) is 30.1 Å². The van der Waals surface area contributed by atoms with Gasteiger partial charge in [-0.3, -0.25) is 9.69 Å². The van der Waals surface area contributed by atoms with Crippen LogP contribution in [0.2, 0.25) is 0 Å². The van der Waals surface area contributed by atoms with E-state index in [4.69, 9.17) is 9.47 Å². The number of ether oxygens (including phenoxy) is 2. The highest BCUT2D eigenvalue weighted by Crippen LogP contribution is 2.26. The van der Waals surface area contributed by atoms with Crippen LogP contribution < -0.4 is 0 Å². The molecule has 0 N–H and O–H groups in total. The highest BCUT2D eigenvalue weighted by Gasteiger charge is 2.41. The third-order valence-corrected chi connectivity index (χ3v) is 4.23. The quantitative estimate of drug-likeness (QED) is 0.774. The third-order valence-electron chi connectivity index (χ3n) is 4.23. The molecule has 4 nitrogen and oxygen atoms in total. The fourth-order valence-corrected chi connectivity index (χ4v) is 2.74. The first-order valence-corrected chi connectivity index (χ1v) is 7.04. The lowest BCUT2D eigenvalue weighted by Crippen LogP contribution is -2.57. The van der Waals surface area contributed by atoms with Crippen LogP contribution in [0.25, 0.3) is 0 Å². The summed E-state index contributed by atoms with van der Waals surface area (Å²) in [6.45, 7) is 3.47. The summed E-state index contributed by atoms with van der Waals surface area (Å²) in [5.74, 6) is 0.0106. The van der Waals surface area contributed by atoms with Crippen molar-refractivity contribution in [2.45, 2.75) is 31.6 Å². The number of piperidine rings is 1. The number of likely N-dealkylation sites (tertiary alicyclic amines) is 1. The van der Waals surface area contributed by atoms with Crippen LogP contribution in [0.3, 0.4) is 0 Å². The average Bonchev–Trinajstić information content (AvgIpc) is 2.54. The van der Waals surface area contributed by atoms with E-state index in [-0.39, 0.29) is 5.78 Å². The second-order valence-corrected chi connectivity index (χ2v) is 5.30. The van der Waals surface area contributed by atoms with Crippen LogP contribution in [-0.4, -0.2) is 49.8 Å². The van der Waals surface area contributed by atoms with Crippen molar-refractivity contribution < 1.29 is 14.3 Å². The van der Waals surface area contributed by atoms with Gasteiger partial charge in [0.1, 0.15) is 0 Å². The summed E-state index contributed by atoms with van der Waals surface area (Å²) in [5, 5.41) is 0. The van der Waals surface area contributed by atoms with Crippen LogP contribution in [0.15, 0.2) is 30.3 Å². The van der Waals surface area contributed by atoms with E-state index >= 15 is 0 Å². The molecule has 0 aromatic heterocycles. The standard InChI is InChI=1S/C16H23NO3/c1-16(20-3,15(18)13-7-5-4-6-8-13)17-11-9-14(19-2)10-12-17/h4-8,14H,9-12H2,1-3H3. The Morgan fingerprint density at radius 2 is 1.80 bits per heavy atom. The number of rotatable bonds is 5. The van der Waals surface area contributed by atoms with E-state index in [1.54, 1.807) is 14.2 Å². The SMILES string of the molecule is COC1CCN(C(C)(OC)C(=O)c2ccccc2)CC1. The molecule has 1 atom stereocenters. The van der Waals surface area contributed by atoms with Gasteiger partial charge in [-0.05, 0) is 19.8 Å². The molecule has 1 aromatic rings. The summed E-state index contributed by atoms with van der Waals surface area (Å²) in [6, 6.07) is 9.33. The molecule has 1 fully saturated rings. The highest BCUT2D eigenvalue weighted by atomic mass is 16.5. The molecule has 0 bridgehead atoms. The molecular weight excluding hydrogens is 254 g/mol. The molecule has 4 heteroatoms. The van der Waals surface area contributed by atoms with E-state index in [1.807, 2.05) is 37.3 Å². The van der Waals surface area contributed by atoms with Crippen LogP contribution in [0.5, 0.6) is 0 Å². The summed E-state index contributed by atoms with van der Waals surface area (Å²) in [4.78, 5) is 14.9. The number of hydrogen-bond donors (Lipinski definition) is 0. The molecule has 1 saturated heterocycles. The number of hydrogen-bond acceptors (Lipinski definition) is 4. The Hall–Kier alpha value is -1.23. The molecule has 0 spiro atoms. The largest absolute Gasteiger partial charge is 0.381 e. The molecule has 1 unspecified atom stereocenters. The molecular formula is C16H23NO3. The van der Waals surface area contributed by atoms with Crippen molar-refractivity contribution in [2.24, 2.45) is 0 Å². The minimum absolute atomic E-state index is 0.0106. The molecule has 0 saturated carbocycles. The van der Waals surface area contributed by atoms with Gasteiger partial charge in [-0.2, -0.15) is 0 Å². The molecule has 1 heterocycles. The molecule has 20 heavy (non-hydrogen) atoms. The van der Waals surface area contributed by atoms with Gasteiger partial charge in [0, 0.05) is 32.9 Å². The third kappa shape index (κ3) is 2.92. The summed E-state index contributed by atoms with van der Waals surface area (Å²) in [5.41, 5.74) is -0.217. The Morgan fingerprint density at radius 3 is 2.30 bits per heavy atom. The normalized spacial score (nSPS) is 20.6. The molecule has 0 aliphatic carbocycles. The molecule has 0 amide bonds. The molecule has 1 aromatic carbocycles. The number of carbonyl (C=O) groups is 1. The van der Waals surface area contributed by atoms with Crippen LogP contribution in [-0.2, 0) is 9.47 Å². The monoisotopic (exact) mass is 277 g/mol. The smallest absolute Gasteiger partial charge is 0.209 e.